The lowest BCUT2D eigenvalue weighted by molar-refractivity contribution is 0.0266. The van der Waals surface area contributed by atoms with E-state index in [2.05, 4.69) is 14.9 Å². The standard InChI is InChI=1S/C26H32N6O3/c1-25(2,3)35-24(33)32-16-10-26(17-32)8-14-31(15-9-26)22-19-7-13-28-23(34-4)20(19)29-21(30-22)18-5-11-27-12-6-18/h5-7,11-13H,8-10,14-17H2,1-4H3. The average molecular weight is 477 g/mol. The first-order valence-electron chi connectivity index (χ1n) is 12.1. The third-order valence-corrected chi connectivity index (χ3v) is 6.91. The van der Waals surface area contributed by atoms with Crippen molar-refractivity contribution in [2.45, 2.75) is 45.6 Å². The van der Waals surface area contributed by atoms with E-state index in [-0.39, 0.29) is 11.5 Å². The van der Waals surface area contributed by atoms with E-state index >= 15 is 0 Å². The highest BCUT2D eigenvalue weighted by Gasteiger charge is 2.43. The Kier molecular flexibility index (Phi) is 5.94. The topological polar surface area (TPSA) is 93.6 Å². The van der Waals surface area contributed by atoms with E-state index < -0.39 is 5.60 Å². The summed E-state index contributed by atoms with van der Waals surface area (Å²) in [5.74, 6) is 2.00. The number of aromatic nitrogens is 4. The van der Waals surface area contributed by atoms with E-state index in [1.165, 1.54) is 0 Å². The van der Waals surface area contributed by atoms with Gasteiger partial charge in [0.15, 0.2) is 5.82 Å². The molecule has 0 N–H and O–H groups in total. The van der Waals surface area contributed by atoms with Crippen molar-refractivity contribution in [1.82, 2.24) is 24.8 Å². The summed E-state index contributed by atoms with van der Waals surface area (Å²) >= 11 is 0. The maximum Gasteiger partial charge on any atom is 0.410 e. The van der Waals surface area contributed by atoms with Gasteiger partial charge in [-0.15, -0.1) is 0 Å². The van der Waals surface area contributed by atoms with Gasteiger partial charge in [-0.3, -0.25) is 4.98 Å². The zero-order valence-corrected chi connectivity index (χ0v) is 20.8. The van der Waals surface area contributed by atoms with Crippen LogP contribution in [0.25, 0.3) is 22.3 Å². The Bertz CT molecular complexity index is 1220. The van der Waals surface area contributed by atoms with Gasteiger partial charge < -0.3 is 19.3 Å². The molecule has 9 heteroatoms. The van der Waals surface area contributed by atoms with E-state index in [0.717, 1.165) is 62.2 Å². The molecule has 0 atom stereocenters. The van der Waals surface area contributed by atoms with Crippen LogP contribution in [0.5, 0.6) is 5.88 Å². The molecule has 2 fully saturated rings. The van der Waals surface area contributed by atoms with Crippen LogP contribution in [0.3, 0.4) is 0 Å². The molecule has 0 radical (unpaired) electrons. The minimum Gasteiger partial charge on any atom is -0.479 e. The molecule has 5 rings (SSSR count). The molecule has 2 aliphatic rings. The second-order valence-electron chi connectivity index (χ2n) is 10.5. The van der Waals surface area contributed by atoms with E-state index in [4.69, 9.17) is 19.4 Å². The largest absolute Gasteiger partial charge is 0.479 e. The number of ether oxygens (including phenoxy) is 2. The van der Waals surface area contributed by atoms with Crippen LogP contribution in [-0.2, 0) is 4.74 Å². The Balaban J connectivity index is 1.40. The smallest absolute Gasteiger partial charge is 0.410 e. The molecule has 3 aromatic rings. The minimum absolute atomic E-state index is 0.128. The number of fused-ring (bicyclic) bond motifs is 1. The Morgan fingerprint density at radius 1 is 1.00 bits per heavy atom. The lowest BCUT2D eigenvalue weighted by atomic mass is 9.78. The van der Waals surface area contributed by atoms with Crippen LogP contribution in [0.4, 0.5) is 10.6 Å². The van der Waals surface area contributed by atoms with Crippen LogP contribution >= 0.6 is 0 Å². The Labute approximate surface area is 205 Å². The van der Waals surface area contributed by atoms with Crippen LogP contribution in [0.15, 0.2) is 36.8 Å². The van der Waals surface area contributed by atoms with Crippen LogP contribution < -0.4 is 9.64 Å². The van der Waals surface area contributed by atoms with Crippen molar-refractivity contribution in [3.8, 4) is 17.3 Å². The second kappa shape index (κ2) is 8.94. The maximum atomic E-state index is 12.6. The van der Waals surface area contributed by atoms with E-state index in [1.54, 1.807) is 25.7 Å². The van der Waals surface area contributed by atoms with Crippen LogP contribution in [0, 0.1) is 5.41 Å². The van der Waals surface area contributed by atoms with Crippen molar-refractivity contribution in [2.24, 2.45) is 5.41 Å². The number of piperidine rings is 1. The fourth-order valence-corrected chi connectivity index (χ4v) is 5.05. The normalized spacial score (nSPS) is 17.7. The molecule has 3 aromatic heterocycles. The van der Waals surface area contributed by atoms with Crippen LogP contribution in [0.1, 0.15) is 40.0 Å². The van der Waals surface area contributed by atoms with Gasteiger partial charge in [0.25, 0.3) is 0 Å². The van der Waals surface area contributed by atoms with Crippen LogP contribution in [-0.4, -0.2) is 69.8 Å². The highest BCUT2D eigenvalue weighted by atomic mass is 16.6. The van der Waals surface area contributed by atoms with Gasteiger partial charge in [-0.25, -0.2) is 19.7 Å². The average Bonchev–Trinajstić information content (AvgIpc) is 3.27. The lowest BCUT2D eigenvalue weighted by Gasteiger charge is -2.40. The molecule has 0 saturated carbocycles. The van der Waals surface area contributed by atoms with Crippen molar-refractivity contribution in [2.75, 3.05) is 38.2 Å². The van der Waals surface area contributed by atoms with Gasteiger partial charge in [-0.2, -0.15) is 0 Å². The summed E-state index contributed by atoms with van der Waals surface area (Å²) in [7, 11) is 1.61. The molecule has 35 heavy (non-hydrogen) atoms. The molecule has 0 unspecified atom stereocenters. The van der Waals surface area contributed by atoms with Crippen molar-refractivity contribution >= 4 is 22.8 Å². The number of carbonyl (C=O) groups excluding carboxylic acids is 1. The number of methoxy groups -OCH3 is 1. The highest BCUT2D eigenvalue weighted by Crippen LogP contribution is 2.42. The molecule has 0 aromatic carbocycles. The molecule has 2 aliphatic heterocycles. The number of nitrogens with zero attached hydrogens (tertiary/aromatic N) is 6. The fraction of sp³-hybridized carbons (Fsp3) is 0.500. The lowest BCUT2D eigenvalue weighted by Crippen LogP contribution is -2.43. The van der Waals surface area contributed by atoms with Crippen molar-refractivity contribution in [3.63, 3.8) is 0 Å². The molecule has 1 spiro atoms. The van der Waals surface area contributed by atoms with Gasteiger partial charge in [0.2, 0.25) is 5.88 Å². The molecule has 1 amide bonds. The van der Waals surface area contributed by atoms with E-state index in [9.17, 15) is 4.79 Å². The first kappa shape index (κ1) is 23.3. The van der Waals surface area contributed by atoms with Gasteiger partial charge in [0.1, 0.15) is 16.9 Å². The number of anilines is 1. The second-order valence-corrected chi connectivity index (χ2v) is 10.5. The summed E-state index contributed by atoms with van der Waals surface area (Å²) in [6.45, 7) is 8.94. The number of hydrogen-bond donors (Lipinski definition) is 0. The molecule has 0 aliphatic carbocycles. The van der Waals surface area contributed by atoms with Crippen molar-refractivity contribution in [3.05, 3.63) is 36.8 Å². The number of pyridine rings is 2. The third-order valence-electron chi connectivity index (χ3n) is 6.91. The molecule has 9 nitrogen and oxygen atoms in total. The third kappa shape index (κ3) is 4.72. The number of hydrogen-bond acceptors (Lipinski definition) is 8. The molecule has 5 heterocycles. The van der Waals surface area contributed by atoms with Crippen LogP contribution in [0.2, 0.25) is 0 Å². The minimum atomic E-state index is -0.479. The summed E-state index contributed by atoms with van der Waals surface area (Å²) < 4.78 is 11.1. The van der Waals surface area contributed by atoms with Gasteiger partial charge >= 0.3 is 6.09 Å². The van der Waals surface area contributed by atoms with Crippen molar-refractivity contribution in [1.29, 1.82) is 0 Å². The van der Waals surface area contributed by atoms with Gasteiger partial charge in [-0.05, 0) is 63.6 Å². The zero-order valence-electron chi connectivity index (χ0n) is 20.8. The Hall–Kier alpha value is -3.49. The first-order chi connectivity index (χ1) is 16.8. The Morgan fingerprint density at radius 2 is 1.71 bits per heavy atom. The first-order valence-corrected chi connectivity index (χ1v) is 12.1. The van der Waals surface area contributed by atoms with E-state index in [1.807, 2.05) is 43.9 Å². The molecule has 2 saturated heterocycles. The molecule has 0 bridgehead atoms. The quantitative estimate of drug-likeness (QED) is 0.552. The maximum absolute atomic E-state index is 12.6. The van der Waals surface area contributed by atoms with Gasteiger partial charge in [0, 0.05) is 50.3 Å². The van der Waals surface area contributed by atoms with Gasteiger partial charge in [-0.1, -0.05) is 0 Å². The number of rotatable bonds is 3. The predicted molar refractivity (Wildman–Crippen MR) is 133 cm³/mol. The summed E-state index contributed by atoms with van der Waals surface area (Å²) in [5.41, 5.74) is 1.24. The summed E-state index contributed by atoms with van der Waals surface area (Å²) in [6.07, 6.45) is 8.00. The number of likely N-dealkylation sites (tertiary alicyclic amines) is 1. The summed E-state index contributed by atoms with van der Waals surface area (Å²) in [5, 5.41) is 0.924. The Morgan fingerprint density at radius 3 is 2.40 bits per heavy atom. The monoisotopic (exact) mass is 476 g/mol. The summed E-state index contributed by atoms with van der Waals surface area (Å²) in [4.78, 5) is 35.1. The SMILES string of the molecule is COc1nccc2c(N3CCC4(CCN(C(=O)OC(C)(C)C)C4)CC3)nc(-c3ccncc3)nc12. The summed E-state index contributed by atoms with van der Waals surface area (Å²) in [6, 6.07) is 5.76. The fourth-order valence-electron chi connectivity index (χ4n) is 5.05. The molecular formula is C26H32N6O3. The highest BCUT2D eigenvalue weighted by molar-refractivity contribution is 5.93. The van der Waals surface area contributed by atoms with E-state index in [0.29, 0.717) is 17.2 Å². The zero-order chi connectivity index (χ0) is 24.6. The molecule has 184 valence electrons. The number of carbonyl (C=O) groups is 1. The number of amides is 1. The van der Waals surface area contributed by atoms with Crippen molar-refractivity contribution < 1.29 is 14.3 Å². The predicted octanol–water partition coefficient (Wildman–Crippen LogP) is 4.32. The van der Waals surface area contributed by atoms with Gasteiger partial charge in [0.05, 0.1) is 12.5 Å². The molecular weight excluding hydrogens is 444 g/mol.